The zero-order valence-electron chi connectivity index (χ0n) is 12.2. The maximum atomic E-state index is 6.38. The molecule has 2 rings (SSSR count). The van der Waals surface area contributed by atoms with E-state index in [1.165, 1.54) is 0 Å². The third-order valence-electron chi connectivity index (χ3n) is 3.19. The first-order valence-corrected chi connectivity index (χ1v) is 7.40. The van der Waals surface area contributed by atoms with Crippen LogP contribution < -0.4 is 5.32 Å². The van der Waals surface area contributed by atoms with Gasteiger partial charge in [0.1, 0.15) is 0 Å². The fraction of sp³-hybridized carbons (Fsp3) is 0.400. The van der Waals surface area contributed by atoms with E-state index in [2.05, 4.69) is 30.3 Å². The average Bonchev–Trinajstić information content (AvgIpc) is 2.64. The minimum absolute atomic E-state index is 0.408. The summed E-state index contributed by atoms with van der Waals surface area (Å²) in [6.07, 6.45) is 0. The number of benzene rings is 1. The van der Waals surface area contributed by atoms with E-state index >= 15 is 0 Å². The van der Waals surface area contributed by atoms with E-state index in [0.29, 0.717) is 16.1 Å². The van der Waals surface area contributed by atoms with Gasteiger partial charge in [0.05, 0.1) is 27.1 Å². The predicted molar refractivity (Wildman–Crippen MR) is 85.0 cm³/mol. The molecule has 3 nitrogen and oxygen atoms in total. The van der Waals surface area contributed by atoms with Crippen molar-refractivity contribution in [3.8, 4) is 5.69 Å². The fourth-order valence-electron chi connectivity index (χ4n) is 2.10. The van der Waals surface area contributed by atoms with Crippen LogP contribution in [0.4, 0.5) is 0 Å². The second-order valence-corrected chi connectivity index (χ2v) is 5.96. The Hall–Kier alpha value is -1.03. The van der Waals surface area contributed by atoms with Crippen molar-refractivity contribution in [3.05, 3.63) is 45.2 Å². The Morgan fingerprint density at radius 1 is 1.25 bits per heavy atom. The summed E-state index contributed by atoms with van der Waals surface area (Å²) in [5, 5.41) is 9.27. The van der Waals surface area contributed by atoms with Crippen molar-refractivity contribution in [2.75, 3.05) is 0 Å². The van der Waals surface area contributed by atoms with Crippen LogP contribution >= 0.6 is 23.2 Å². The molecule has 0 spiro atoms. The monoisotopic (exact) mass is 311 g/mol. The maximum absolute atomic E-state index is 6.38. The van der Waals surface area contributed by atoms with Crippen LogP contribution in [0, 0.1) is 13.8 Å². The number of hydrogen-bond donors (Lipinski definition) is 1. The maximum Gasteiger partial charge on any atom is 0.0880 e. The van der Waals surface area contributed by atoms with Gasteiger partial charge in [-0.25, -0.2) is 4.68 Å². The van der Waals surface area contributed by atoms with Crippen LogP contribution in [-0.4, -0.2) is 15.8 Å². The Balaban J connectivity index is 2.51. The molecule has 0 aliphatic carbocycles. The first-order valence-electron chi connectivity index (χ1n) is 6.64. The molecule has 0 aliphatic heterocycles. The molecule has 1 aromatic heterocycles. The highest BCUT2D eigenvalue weighted by molar-refractivity contribution is 6.33. The molecule has 0 atom stereocenters. The van der Waals surface area contributed by atoms with Gasteiger partial charge in [-0.3, -0.25) is 0 Å². The quantitative estimate of drug-likeness (QED) is 0.912. The van der Waals surface area contributed by atoms with Gasteiger partial charge in [-0.15, -0.1) is 0 Å². The highest BCUT2D eigenvalue weighted by atomic mass is 35.5. The number of aryl methyl sites for hydroxylation is 1. The zero-order valence-corrected chi connectivity index (χ0v) is 13.7. The molecular weight excluding hydrogens is 293 g/mol. The van der Waals surface area contributed by atoms with Crippen LogP contribution in [0.2, 0.25) is 10.0 Å². The molecule has 0 fully saturated rings. The molecule has 20 heavy (non-hydrogen) atoms. The molecule has 0 amide bonds. The summed E-state index contributed by atoms with van der Waals surface area (Å²) in [4.78, 5) is 0. The topological polar surface area (TPSA) is 29.9 Å². The second kappa shape index (κ2) is 6.17. The average molecular weight is 312 g/mol. The number of aromatic nitrogens is 2. The molecule has 0 aliphatic rings. The van der Waals surface area contributed by atoms with Crippen molar-refractivity contribution in [2.45, 2.75) is 40.3 Å². The van der Waals surface area contributed by atoms with E-state index in [-0.39, 0.29) is 0 Å². The highest BCUT2D eigenvalue weighted by Gasteiger charge is 2.16. The number of para-hydroxylation sites is 1. The van der Waals surface area contributed by atoms with Crippen molar-refractivity contribution in [1.82, 2.24) is 15.1 Å². The number of nitrogens with zero attached hydrogens (tertiary/aromatic N) is 2. The van der Waals surface area contributed by atoms with Gasteiger partial charge < -0.3 is 5.32 Å². The predicted octanol–water partition coefficient (Wildman–Crippen LogP) is 4.29. The van der Waals surface area contributed by atoms with Gasteiger partial charge >= 0.3 is 0 Å². The number of hydrogen-bond acceptors (Lipinski definition) is 2. The van der Waals surface area contributed by atoms with Crippen LogP contribution in [0.1, 0.15) is 30.8 Å². The van der Waals surface area contributed by atoms with E-state index in [0.717, 1.165) is 29.2 Å². The Bertz CT molecular complexity index is 618. The first kappa shape index (κ1) is 15.4. The molecule has 0 saturated carbocycles. The Morgan fingerprint density at radius 2 is 1.95 bits per heavy atom. The lowest BCUT2D eigenvalue weighted by Crippen LogP contribution is -2.23. The molecule has 1 N–H and O–H groups in total. The molecule has 0 bridgehead atoms. The Kier molecular flexibility index (Phi) is 4.74. The lowest BCUT2D eigenvalue weighted by atomic mass is 10.1. The van der Waals surface area contributed by atoms with E-state index in [1.54, 1.807) is 0 Å². The van der Waals surface area contributed by atoms with Gasteiger partial charge in [0.2, 0.25) is 0 Å². The van der Waals surface area contributed by atoms with Gasteiger partial charge in [0.25, 0.3) is 0 Å². The van der Waals surface area contributed by atoms with Crippen molar-refractivity contribution in [3.63, 3.8) is 0 Å². The standard InChI is InChI=1S/C15H19Cl2N3/c1-9(2)18-8-12-6-5-7-13(16)15(12)20-11(4)14(17)10(3)19-20/h5-7,9,18H,8H2,1-4H3. The summed E-state index contributed by atoms with van der Waals surface area (Å²) in [6, 6.07) is 6.29. The normalized spacial score (nSPS) is 11.3. The molecule has 0 unspecified atom stereocenters. The van der Waals surface area contributed by atoms with E-state index in [1.807, 2.05) is 30.7 Å². The molecule has 108 valence electrons. The summed E-state index contributed by atoms with van der Waals surface area (Å²) in [5.74, 6) is 0. The molecule has 5 heteroatoms. The number of rotatable bonds is 4. The molecule has 1 aromatic carbocycles. The van der Waals surface area contributed by atoms with Gasteiger partial charge in [-0.2, -0.15) is 5.10 Å². The molecule has 1 heterocycles. The third kappa shape index (κ3) is 3.00. The van der Waals surface area contributed by atoms with Gasteiger partial charge in [0, 0.05) is 12.6 Å². The summed E-state index contributed by atoms with van der Waals surface area (Å²) in [5.41, 5.74) is 3.72. The second-order valence-electron chi connectivity index (χ2n) is 5.18. The van der Waals surface area contributed by atoms with Crippen LogP contribution in [0.25, 0.3) is 5.69 Å². The summed E-state index contributed by atoms with van der Waals surface area (Å²) < 4.78 is 1.83. The summed E-state index contributed by atoms with van der Waals surface area (Å²) >= 11 is 12.6. The first-order chi connectivity index (χ1) is 9.41. The van der Waals surface area contributed by atoms with Gasteiger partial charge in [-0.05, 0) is 25.5 Å². The van der Waals surface area contributed by atoms with Crippen LogP contribution in [0.3, 0.4) is 0 Å². The lowest BCUT2D eigenvalue weighted by Gasteiger charge is -2.15. The third-order valence-corrected chi connectivity index (χ3v) is 4.04. The molecule has 0 radical (unpaired) electrons. The minimum atomic E-state index is 0.408. The smallest absolute Gasteiger partial charge is 0.0880 e. The molecular formula is C15H19Cl2N3. The SMILES string of the molecule is Cc1nn(-c2c(Cl)cccc2CNC(C)C)c(C)c1Cl. The largest absolute Gasteiger partial charge is 0.310 e. The highest BCUT2D eigenvalue weighted by Crippen LogP contribution is 2.29. The van der Waals surface area contributed by atoms with Crippen LogP contribution in [-0.2, 0) is 6.54 Å². The summed E-state index contributed by atoms with van der Waals surface area (Å²) in [7, 11) is 0. The van der Waals surface area contributed by atoms with E-state index in [4.69, 9.17) is 23.2 Å². The summed E-state index contributed by atoms with van der Waals surface area (Å²) in [6.45, 7) is 8.82. The van der Waals surface area contributed by atoms with Gasteiger partial charge in [-0.1, -0.05) is 49.2 Å². The van der Waals surface area contributed by atoms with Crippen molar-refractivity contribution >= 4 is 23.2 Å². The van der Waals surface area contributed by atoms with Crippen LogP contribution in [0.15, 0.2) is 18.2 Å². The van der Waals surface area contributed by atoms with Crippen molar-refractivity contribution in [2.24, 2.45) is 0 Å². The molecule has 0 saturated heterocycles. The van der Waals surface area contributed by atoms with Crippen molar-refractivity contribution in [1.29, 1.82) is 0 Å². The van der Waals surface area contributed by atoms with Crippen molar-refractivity contribution < 1.29 is 0 Å². The Morgan fingerprint density at radius 3 is 2.50 bits per heavy atom. The fourth-order valence-corrected chi connectivity index (χ4v) is 2.49. The number of halogens is 2. The van der Waals surface area contributed by atoms with Crippen LogP contribution in [0.5, 0.6) is 0 Å². The lowest BCUT2D eigenvalue weighted by molar-refractivity contribution is 0.586. The van der Waals surface area contributed by atoms with Gasteiger partial charge in [0.15, 0.2) is 0 Å². The van der Waals surface area contributed by atoms with E-state index in [9.17, 15) is 0 Å². The van der Waals surface area contributed by atoms with E-state index < -0.39 is 0 Å². The zero-order chi connectivity index (χ0) is 14.9. The minimum Gasteiger partial charge on any atom is -0.310 e. The molecule has 2 aromatic rings. The number of nitrogens with one attached hydrogen (secondary N) is 1. The Labute approximate surface area is 129 Å².